The second-order valence-corrected chi connectivity index (χ2v) is 11.8. The maximum Gasteiger partial charge on any atom is 0.237 e. The number of rotatable bonds is 1. The number of phenols is 2. The fourth-order valence-corrected chi connectivity index (χ4v) is 7.87. The topological polar surface area (TPSA) is 115 Å². The lowest BCUT2D eigenvalue weighted by atomic mass is 9.63. The van der Waals surface area contributed by atoms with Crippen LogP contribution in [0.4, 0.5) is 0 Å². The molecule has 32 heavy (non-hydrogen) atoms. The molecule has 3 saturated carbocycles. The minimum absolute atomic E-state index is 0.0114. The zero-order valence-corrected chi connectivity index (χ0v) is 19.2. The summed E-state index contributed by atoms with van der Waals surface area (Å²) in [7, 11) is 0. The second-order valence-electron chi connectivity index (χ2n) is 11.8. The molecule has 4 aliphatic carbocycles. The van der Waals surface area contributed by atoms with Gasteiger partial charge < -0.3 is 20.4 Å². The fraction of sp³-hybridized carbons (Fsp3) is 0.615. The van der Waals surface area contributed by atoms with Gasteiger partial charge in [0.25, 0.3) is 0 Å². The Hall–Kier alpha value is -2.34. The quantitative estimate of drug-likeness (QED) is 0.480. The van der Waals surface area contributed by atoms with Gasteiger partial charge in [0.1, 0.15) is 17.3 Å². The number of aliphatic hydroxyl groups excluding tert-OH is 1. The monoisotopic (exact) mass is 440 g/mol. The molecular formula is C26H32O6. The van der Waals surface area contributed by atoms with Gasteiger partial charge in [-0.3, -0.25) is 9.59 Å². The van der Waals surface area contributed by atoms with Crippen molar-refractivity contribution in [3.05, 3.63) is 28.3 Å². The molecule has 0 heterocycles. The number of benzene rings is 1. The van der Waals surface area contributed by atoms with Crippen molar-refractivity contribution in [1.29, 1.82) is 0 Å². The molecular weight excluding hydrogens is 408 g/mol. The van der Waals surface area contributed by atoms with E-state index in [9.17, 15) is 30.0 Å². The number of allylic oxidation sites excluding steroid dienone is 1. The normalized spacial score (nSPS) is 38.0. The Balaban J connectivity index is 1.72. The van der Waals surface area contributed by atoms with Crippen LogP contribution in [0.15, 0.2) is 11.6 Å². The number of carbonyl (C=O) groups excluding carboxylic acids is 2. The number of fused-ring (bicyclic) bond motifs is 5. The molecule has 0 spiro atoms. The molecule has 1 aromatic rings. The maximum absolute atomic E-state index is 13.4. The van der Waals surface area contributed by atoms with Gasteiger partial charge in [0.05, 0.1) is 11.2 Å². The predicted molar refractivity (Wildman–Crippen MR) is 118 cm³/mol. The predicted octanol–water partition coefficient (Wildman–Crippen LogP) is 4.43. The first-order chi connectivity index (χ1) is 14.8. The van der Waals surface area contributed by atoms with Gasteiger partial charge in [0, 0.05) is 16.7 Å². The smallest absolute Gasteiger partial charge is 0.237 e. The van der Waals surface area contributed by atoms with E-state index in [-0.39, 0.29) is 62.4 Å². The number of aromatic hydroxyl groups is 2. The van der Waals surface area contributed by atoms with Gasteiger partial charge in [0.2, 0.25) is 11.6 Å². The van der Waals surface area contributed by atoms with Crippen LogP contribution in [0.3, 0.4) is 0 Å². The van der Waals surface area contributed by atoms with E-state index in [0.717, 1.165) is 25.7 Å². The first-order valence-electron chi connectivity index (χ1n) is 11.6. The fourth-order valence-electron chi connectivity index (χ4n) is 7.87. The minimum Gasteiger partial charge on any atom is -0.508 e. The molecule has 5 rings (SSSR count). The lowest BCUT2D eigenvalue weighted by Crippen LogP contribution is -2.45. The Bertz CT molecular complexity index is 1100. The highest BCUT2D eigenvalue weighted by Crippen LogP contribution is 2.66. The molecule has 5 atom stereocenters. The number of carbonyl (C=O) groups is 2. The number of hydrogen-bond acceptors (Lipinski definition) is 6. The van der Waals surface area contributed by atoms with E-state index in [1.54, 1.807) is 0 Å². The van der Waals surface area contributed by atoms with Gasteiger partial charge >= 0.3 is 0 Å². The van der Waals surface area contributed by atoms with Crippen molar-refractivity contribution in [1.82, 2.24) is 0 Å². The van der Waals surface area contributed by atoms with Gasteiger partial charge in [-0.15, -0.1) is 0 Å². The third kappa shape index (κ3) is 2.68. The number of phenolic OH excluding ortho intramolecular Hbond substituents is 2. The average molecular weight is 441 g/mol. The summed E-state index contributed by atoms with van der Waals surface area (Å²) in [5, 5.41) is 43.7. The molecule has 6 nitrogen and oxygen atoms in total. The SMILES string of the molecule is Cc1c(O)cc2c(c1O)C(=O)C(=O)C(C1CC3(C)CCC(O)(C3)C3C1CCC3(C)C)=C2O. The van der Waals surface area contributed by atoms with E-state index in [0.29, 0.717) is 12.8 Å². The van der Waals surface area contributed by atoms with E-state index >= 15 is 0 Å². The van der Waals surface area contributed by atoms with Crippen LogP contribution in [-0.4, -0.2) is 37.6 Å². The Morgan fingerprint density at radius 3 is 2.38 bits per heavy atom. The maximum atomic E-state index is 13.4. The van der Waals surface area contributed by atoms with Crippen molar-refractivity contribution in [3.8, 4) is 11.5 Å². The number of ketones is 2. The molecule has 2 bridgehead atoms. The van der Waals surface area contributed by atoms with Crippen LogP contribution in [0.25, 0.3) is 5.76 Å². The summed E-state index contributed by atoms with van der Waals surface area (Å²) in [6.45, 7) is 7.93. The zero-order valence-electron chi connectivity index (χ0n) is 19.2. The molecule has 4 N–H and O–H groups in total. The molecule has 0 radical (unpaired) electrons. The van der Waals surface area contributed by atoms with Crippen LogP contribution < -0.4 is 0 Å². The number of aliphatic hydroxyl groups is 2. The molecule has 172 valence electrons. The van der Waals surface area contributed by atoms with E-state index in [4.69, 9.17) is 0 Å². The van der Waals surface area contributed by atoms with E-state index in [2.05, 4.69) is 20.8 Å². The minimum atomic E-state index is -0.847. The molecule has 5 unspecified atom stereocenters. The van der Waals surface area contributed by atoms with Gasteiger partial charge in [0.15, 0.2) is 0 Å². The van der Waals surface area contributed by atoms with E-state index in [1.165, 1.54) is 13.0 Å². The third-order valence-corrected chi connectivity index (χ3v) is 9.18. The van der Waals surface area contributed by atoms with Crippen molar-refractivity contribution in [3.63, 3.8) is 0 Å². The van der Waals surface area contributed by atoms with Crippen molar-refractivity contribution in [2.75, 3.05) is 0 Å². The third-order valence-electron chi connectivity index (χ3n) is 9.18. The highest BCUT2D eigenvalue weighted by molar-refractivity contribution is 6.52. The van der Waals surface area contributed by atoms with Gasteiger partial charge in [-0.05, 0) is 80.1 Å². The Kier molecular flexibility index (Phi) is 4.28. The van der Waals surface area contributed by atoms with Crippen LogP contribution in [0.2, 0.25) is 0 Å². The highest BCUT2D eigenvalue weighted by Gasteiger charge is 2.63. The van der Waals surface area contributed by atoms with Crippen LogP contribution in [0.1, 0.15) is 80.8 Å². The standard InChI is InChI=1S/C26H32O6/c1-12-16(27)9-14-17(19(12)28)21(30)22(31)18(20(14)29)15-10-25(4)7-8-26(32,11-25)23-13(15)5-6-24(23,2)3/h9,13,15,23,27-29,32H,5-8,10-11H2,1-4H3. The average Bonchev–Trinajstić information content (AvgIpc) is 3.15. The van der Waals surface area contributed by atoms with Gasteiger partial charge in [-0.25, -0.2) is 0 Å². The van der Waals surface area contributed by atoms with Gasteiger partial charge in [-0.1, -0.05) is 20.8 Å². The van der Waals surface area contributed by atoms with Crippen molar-refractivity contribution in [2.45, 2.75) is 71.8 Å². The molecule has 0 amide bonds. The van der Waals surface area contributed by atoms with Gasteiger partial charge in [-0.2, -0.15) is 0 Å². The lowest BCUT2D eigenvalue weighted by Gasteiger charge is -2.43. The highest BCUT2D eigenvalue weighted by atomic mass is 16.3. The summed E-state index contributed by atoms with van der Waals surface area (Å²) in [4.78, 5) is 26.5. The van der Waals surface area contributed by atoms with Crippen molar-refractivity contribution < 1.29 is 30.0 Å². The number of hydrogen-bond donors (Lipinski definition) is 4. The molecule has 3 fully saturated rings. The Morgan fingerprint density at radius 1 is 1.00 bits per heavy atom. The second kappa shape index (κ2) is 6.37. The van der Waals surface area contributed by atoms with Crippen molar-refractivity contribution >= 4 is 17.3 Å². The first-order valence-corrected chi connectivity index (χ1v) is 11.6. The van der Waals surface area contributed by atoms with Crippen molar-refractivity contribution in [2.24, 2.45) is 28.6 Å². The lowest BCUT2D eigenvalue weighted by molar-refractivity contribution is -0.113. The van der Waals surface area contributed by atoms with Crippen LogP contribution >= 0.6 is 0 Å². The Labute approximate surface area is 188 Å². The summed E-state index contributed by atoms with van der Waals surface area (Å²) in [5.74, 6) is -3.08. The van der Waals surface area contributed by atoms with E-state index < -0.39 is 22.9 Å². The molecule has 0 aliphatic heterocycles. The molecule has 1 aromatic carbocycles. The summed E-state index contributed by atoms with van der Waals surface area (Å²) >= 11 is 0. The molecule has 0 aromatic heterocycles. The summed E-state index contributed by atoms with van der Waals surface area (Å²) in [6.07, 6.45) is 4.58. The molecule has 6 heteroatoms. The van der Waals surface area contributed by atoms with E-state index in [1.807, 2.05) is 0 Å². The summed E-state index contributed by atoms with van der Waals surface area (Å²) < 4.78 is 0. The molecule has 0 saturated heterocycles. The van der Waals surface area contributed by atoms with Crippen LogP contribution in [0, 0.1) is 35.5 Å². The van der Waals surface area contributed by atoms with Crippen LogP contribution in [0.5, 0.6) is 11.5 Å². The zero-order chi connectivity index (χ0) is 23.4. The number of Topliss-reactive ketones (excluding diaryl/α,β-unsaturated/α-hetero) is 2. The Morgan fingerprint density at radius 2 is 1.69 bits per heavy atom. The van der Waals surface area contributed by atoms with Crippen LogP contribution in [-0.2, 0) is 4.79 Å². The summed E-state index contributed by atoms with van der Waals surface area (Å²) in [6, 6.07) is 1.26. The first kappa shape index (κ1) is 21.5. The molecule has 4 aliphatic rings. The largest absolute Gasteiger partial charge is 0.508 e. The summed E-state index contributed by atoms with van der Waals surface area (Å²) in [5.41, 5.74) is -1.15.